The number of pyridine rings is 1. The summed E-state index contributed by atoms with van der Waals surface area (Å²) in [5.74, 6) is 1.83. The van der Waals surface area contributed by atoms with Gasteiger partial charge in [0.05, 0.1) is 24.6 Å². The minimum Gasteiger partial charge on any atom is -0.496 e. The summed E-state index contributed by atoms with van der Waals surface area (Å²) in [5, 5.41) is 3.02. The Hall–Kier alpha value is -4.10. The van der Waals surface area contributed by atoms with Gasteiger partial charge in [0.1, 0.15) is 11.6 Å². The summed E-state index contributed by atoms with van der Waals surface area (Å²) in [6.45, 7) is 9.08. The molecule has 2 aromatic heterocycles. The van der Waals surface area contributed by atoms with E-state index in [0.717, 1.165) is 49.7 Å². The Kier molecular flexibility index (Phi) is 7.75. The number of H-pyrrole nitrogens is 1. The summed E-state index contributed by atoms with van der Waals surface area (Å²) in [7, 11) is 1.63. The average molecular weight is 510 g/mol. The van der Waals surface area contributed by atoms with Crippen molar-refractivity contribution in [1.29, 1.82) is 0 Å². The number of nitrogens with one attached hydrogen (secondary N) is 2. The molecule has 0 spiro atoms. The lowest BCUT2D eigenvalue weighted by molar-refractivity contribution is 0.102. The molecule has 0 saturated carbocycles. The maximum absolute atomic E-state index is 13.4. The third-order valence-corrected chi connectivity index (χ3v) is 7.12. The summed E-state index contributed by atoms with van der Waals surface area (Å²) in [4.78, 5) is 26.1. The first-order chi connectivity index (χ1) is 18.5. The Bertz CT molecular complexity index is 1340. The number of methoxy groups -OCH3 is 1. The van der Waals surface area contributed by atoms with Crippen LogP contribution < -0.4 is 15.0 Å². The average Bonchev–Trinajstić information content (AvgIpc) is 3.46. The van der Waals surface area contributed by atoms with Crippen molar-refractivity contribution in [2.24, 2.45) is 0 Å². The Morgan fingerprint density at radius 2 is 1.79 bits per heavy atom. The highest BCUT2D eigenvalue weighted by Crippen LogP contribution is 2.34. The smallest absolute Gasteiger partial charge is 0.256 e. The van der Waals surface area contributed by atoms with Crippen LogP contribution in [-0.2, 0) is 6.54 Å². The maximum Gasteiger partial charge on any atom is 0.256 e. The molecular formula is C31H35N5O2. The van der Waals surface area contributed by atoms with E-state index in [1.165, 1.54) is 11.3 Å². The molecule has 2 N–H and O–H groups in total. The van der Waals surface area contributed by atoms with Gasteiger partial charge in [0.25, 0.3) is 5.91 Å². The lowest BCUT2D eigenvalue weighted by Crippen LogP contribution is -2.46. The molecular weight excluding hydrogens is 474 g/mol. The van der Waals surface area contributed by atoms with Crippen LogP contribution in [-0.4, -0.2) is 54.1 Å². The van der Waals surface area contributed by atoms with Gasteiger partial charge in [-0.15, -0.1) is 0 Å². The van der Waals surface area contributed by atoms with Gasteiger partial charge in [-0.1, -0.05) is 44.2 Å². The molecule has 0 aliphatic carbocycles. The van der Waals surface area contributed by atoms with Crippen molar-refractivity contribution in [1.82, 2.24) is 14.9 Å². The molecule has 1 fully saturated rings. The van der Waals surface area contributed by atoms with Crippen LogP contribution in [0.5, 0.6) is 5.75 Å². The van der Waals surface area contributed by atoms with Gasteiger partial charge in [0.2, 0.25) is 0 Å². The fourth-order valence-electron chi connectivity index (χ4n) is 4.91. The number of amides is 1. The second kappa shape index (κ2) is 11.5. The highest BCUT2D eigenvalue weighted by molar-refractivity contribution is 6.09. The second-order valence-electron chi connectivity index (χ2n) is 9.98. The molecule has 1 saturated heterocycles. The fraction of sp³-hybridized carbons (Fsp3) is 0.290. The zero-order valence-electron chi connectivity index (χ0n) is 22.3. The number of aromatic amines is 1. The third-order valence-electron chi connectivity index (χ3n) is 7.12. The van der Waals surface area contributed by atoms with Gasteiger partial charge >= 0.3 is 0 Å². The van der Waals surface area contributed by atoms with E-state index in [1.807, 2.05) is 42.6 Å². The number of nitrogens with zero attached hydrogens (tertiary/aromatic N) is 3. The summed E-state index contributed by atoms with van der Waals surface area (Å²) >= 11 is 0. The van der Waals surface area contributed by atoms with Crippen molar-refractivity contribution >= 4 is 17.4 Å². The van der Waals surface area contributed by atoms with Gasteiger partial charge in [-0.25, -0.2) is 4.98 Å². The molecule has 196 valence electrons. The van der Waals surface area contributed by atoms with E-state index in [-0.39, 0.29) is 5.91 Å². The molecule has 7 heteroatoms. The first-order valence-electron chi connectivity index (χ1n) is 13.2. The van der Waals surface area contributed by atoms with Gasteiger partial charge in [-0.2, -0.15) is 0 Å². The Balaban J connectivity index is 1.26. The standard InChI is InChI=1S/C31H35N5O2/c1-22(2)23-9-11-24(12-10-23)30-27(7-4-8-28(30)38-3)31(37)34-25-13-14-29(33-20-25)36-18-16-35(17-19-36)21-26-6-5-15-32-26/h4-15,20,22,32H,16-19,21H2,1-3H3,(H,34,37). The van der Waals surface area contributed by atoms with Gasteiger partial charge in [-0.05, 0) is 53.4 Å². The van der Waals surface area contributed by atoms with Gasteiger partial charge in [0, 0.05) is 50.2 Å². The van der Waals surface area contributed by atoms with Crippen molar-refractivity contribution in [2.75, 3.05) is 43.5 Å². The molecule has 2 aromatic carbocycles. The molecule has 1 amide bonds. The van der Waals surface area contributed by atoms with Crippen LogP contribution in [0.15, 0.2) is 79.1 Å². The lowest BCUT2D eigenvalue weighted by atomic mass is 9.95. The minimum absolute atomic E-state index is 0.195. The molecule has 3 heterocycles. The molecule has 0 unspecified atom stereocenters. The van der Waals surface area contributed by atoms with Crippen LogP contribution in [0.25, 0.3) is 11.1 Å². The normalized spacial score (nSPS) is 14.1. The number of rotatable bonds is 8. The molecule has 0 atom stereocenters. The number of benzene rings is 2. The minimum atomic E-state index is -0.195. The largest absolute Gasteiger partial charge is 0.496 e. The quantitative estimate of drug-likeness (QED) is 0.315. The highest BCUT2D eigenvalue weighted by Gasteiger charge is 2.20. The molecule has 0 radical (unpaired) electrons. The van der Waals surface area contributed by atoms with Crippen LogP contribution in [0.4, 0.5) is 11.5 Å². The Morgan fingerprint density at radius 1 is 1.00 bits per heavy atom. The number of carbonyl (C=O) groups is 1. The molecule has 7 nitrogen and oxygen atoms in total. The number of carbonyl (C=O) groups excluding carboxylic acids is 1. The topological polar surface area (TPSA) is 73.5 Å². The van der Waals surface area contributed by atoms with Crippen LogP contribution in [0.3, 0.4) is 0 Å². The summed E-state index contributed by atoms with van der Waals surface area (Å²) in [5.41, 5.74) is 5.44. The summed E-state index contributed by atoms with van der Waals surface area (Å²) in [6, 6.07) is 21.9. The van der Waals surface area contributed by atoms with Gasteiger partial charge in [-0.3, -0.25) is 9.69 Å². The van der Waals surface area contributed by atoms with E-state index in [1.54, 1.807) is 13.3 Å². The van der Waals surface area contributed by atoms with E-state index in [4.69, 9.17) is 4.74 Å². The van der Waals surface area contributed by atoms with Gasteiger partial charge in [0.15, 0.2) is 0 Å². The highest BCUT2D eigenvalue weighted by atomic mass is 16.5. The predicted molar refractivity (Wildman–Crippen MR) is 153 cm³/mol. The van der Waals surface area contributed by atoms with Crippen molar-refractivity contribution in [3.8, 4) is 16.9 Å². The number of anilines is 2. The van der Waals surface area contributed by atoms with Crippen LogP contribution in [0, 0.1) is 0 Å². The molecule has 1 aliphatic rings. The molecule has 1 aliphatic heterocycles. The third kappa shape index (κ3) is 5.73. The number of hydrogen-bond acceptors (Lipinski definition) is 5. The van der Waals surface area contributed by atoms with Crippen molar-refractivity contribution in [3.63, 3.8) is 0 Å². The summed E-state index contributed by atoms with van der Waals surface area (Å²) < 4.78 is 5.63. The maximum atomic E-state index is 13.4. The van der Waals surface area contributed by atoms with E-state index < -0.39 is 0 Å². The second-order valence-corrected chi connectivity index (χ2v) is 9.98. The zero-order valence-corrected chi connectivity index (χ0v) is 22.3. The van der Waals surface area contributed by atoms with Crippen molar-refractivity contribution in [3.05, 3.63) is 95.9 Å². The van der Waals surface area contributed by atoms with Gasteiger partial charge < -0.3 is 19.9 Å². The summed E-state index contributed by atoms with van der Waals surface area (Å²) in [6.07, 6.45) is 3.70. The predicted octanol–water partition coefficient (Wildman–Crippen LogP) is 5.78. The van der Waals surface area contributed by atoms with Crippen LogP contribution in [0.2, 0.25) is 0 Å². The SMILES string of the molecule is COc1cccc(C(=O)Nc2ccc(N3CCN(Cc4ccc[nH]4)CC3)nc2)c1-c1ccc(C(C)C)cc1. The molecule has 0 bridgehead atoms. The monoisotopic (exact) mass is 509 g/mol. The van der Waals surface area contributed by atoms with Crippen LogP contribution >= 0.6 is 0 Å². The number of ether oxygens (including phenoxy) is 1. The Labute approximate surface area is 224 Å². The first kappa shape index (κ1) is 25.5. The number of aromatic nitrogens is 2. The zero-order chi connectivity index (χ0) is 26.5. The number of hydrogen-bond donors (Lipinski definition) is 2. The molecule has 38 heavy (non-hydrogen) atoms. The molecule has 5 rings (SSSR count). The van der Waals surface area contributed by atoms with E-state index >= 15 is 0 Å². The number of piperazine rings is 1. The van der Waals surface area contributed by atoms with Crippen molar-refractivity contribution < 1.29 is 9.53 Å². The molecule has 4 aromatic rings. The van der Waals surface area contributed by atoms with E-state index in [9.17, 15) is 4.79 Å². The first-order valence-corrected chi connectivity index (χ1v) is 13.2. The lowest BCUT2D eigenvalue weighted by Gasteiger charge is -2.35. The van der Waals surface area contributed by atoms with Crippen LogP contribution in [0.1, 0.15) is 41.4 Å². The van der Waals surface area contributed by atoms with E-state index in [0.29, 0.717) is 22.9 Å². The fourth-order valence-corrected chi connectivity index (χ4v) is 4.91. The Morgan fingerprint density at radius 3 is 2.42 bits per heavy atom. The van der Waals surface area contributed by atoms with E-state index in [2.05, 4.69) is 69.3 Å². The van der Waals surface area contributed by atoms with Crippen molar-refractivity contribution in [2.45, 2.75) is 26.3 Å².